The third-order valence-electron chi connectivity index (χ3n) is 2.76. The van der Waals surface area contributed by atoms with Crippen molar-refractivity contribution in [3.05, 3.63) is 48.9 Å². The van der Waals surface area contributed by atoms with E-state index in [2.05, 4.69) is 10.3 Å². The zero-order valence-corrected chi connectivity index (χ0v) is 10.6. The highest BCUT2D eigenvalue weighted by atomic mass is 16.2. The van der Waals surface area contributed by atoms with Crippen LogP contribution in [0.2, 0.25) is 0 Å². The summed E-state index contributed by atoms with van der Waals surface area (Å²) in [7, 11) is 0. The van der Waals surface area contributed by atoms with Crippen LogP contribution in [0.4, 0.5) is 5.82 Å². The Morgan fingerprint density at radius 3 is 2.50 bits per heavy atom. The predicted molar refractivity (Wildman–Crippen MR) is 71.2 cm³/mol. The second-order valence-electron chi connectivity index (χ2n) is 4.52. The van der Waals surface area contributed by atoms with Gasteiger partial charge in [0.2, 0.25) is 5.91 Å². The molecule has 1 atom stereocenters. The van der Waals surface area contributed by atoms with Gasteiger partial charge in [-0.25, -0.2) is 4.98 Å². The number of carbonyl (C=O) groups excluding carboxylic acids is 1. The van der Waals surface area contributed by atoms with Crippen LogP contribution < -0.4 is 5.32 Å². The van der Waals surface area contributed by atoms with Gasteiger partial charge in [-0.05, 0) is 30.2 Å². The Balaban J connectivity index is 2.15. The van der Waals surface area contributed by atoms with Gasteiger partial charge in [0.15, 0.2) is 0 Å². The Bertz CT molecular complexity index is 491. The first kappa shape index (κ1) is 12.4. The third kappa shape index (κ3) is 2.77. The molecular formula is C14H17N3O. The number of carbonyl (C=O) groups is 1. The van der Waals surface area contributed by atoms with Crippen molar-refractivity contribution in [2.24, 2.45) is 5.92 Å². The SMILES string of the molecule is CC(C)[C@@H](C(=O)Nc1ccccn1)n1cccc1. The minimum atomic E-state index is -0.220. The maximum Gasteiger partial charge on any atom is 0.248 e. The van der Waals surface area contributed by atoms with E-state index in [1.807, 2.05) is 55.1 Å². The van der Waals surface area contributed by atoms with Crippen LogP contribution in [0.25, 0.3) is 0 Å². The van der Waals surface area contributed by atoms with E-state index >= 15 is 0 Å². The normalized spacial score (nSPS) is 12.4. The van der Waals surface area contributed by atoms with E-state index in [1.54, 1.807) is 12.3 Å². The molecule has 0 fully saturated rings. The van der Waals surface area contributed by atoms with E-state index in [4.69, 9.17) is 0 Å². The Morgan fingerprint density at radius 1 is 1.22 bits per heavy atom. The van der Waals surface area contributed by atoms with Crippen LogP contribution in [0.5, 0.6) is 0 Å². The molecule has 2 heterocycles. The summed E-state index contributed by atoms with van der Waals surface area (Å²) < 4.78 is 1.92. The number of rotatable bonds is 4. The van der Waals surface area contributed by atoms with Crippen LogP contribution in [0, 0.1) is 5.92 Å². The maximum atomic E-state index is 12.3. The van der Waals surface area contributed by atoms with Crippen LogP contribution in [-0.2, 0) is 4.79 Å². The van der Waals surface area contributed by atoms with Gasteiger partial charge in [-0.2, -0.15) is 0 Å². The monoisotopic (exact) mass is 243 g/mol. The van der Waals surface area contributed by atoms with Gasteiger partial charge in [-0.15, -0.1) is 0 Å². The summed E-state index contributed by atoms with van der Waals surface area (Å²) in [5, 5.41) is 2.84. The number of anilines is 1. The lowest BCUT2D eigenvalue weighted by atomic mass is 10.0. The molecule has 0 aliphatic rings. The van der Waals surface area contributed by atoms with Crippen molar-refractivity contribution in [2.75, 3.05) is 5.32 Å². The lowest BCUT2D eigenvalue weighted by Crippen LogP contribution is -2.29. The van der Waals surface area contributed by atoms with Crippen molar-refractivity contribution in [3.8, 4) is 0 Å². The fourth-order valence-electron chi connectivity index (χ4n) is 1.95. The second-order valence-corrected chi connectivity index (χ2v) is 4.52. The van der Waals surface area contributed by atoms with Crippen molar-refractivity contribution in [2.45, 2.75) is 19.9 Å². The molecule has 4 heteroatoms. The van der Waals surface area contributed by atoms with Gasteiger partial charge in [-0.1, -0.05) is 19.9 Å². The summed E-state index contributed by atoms with van der Waals surface area (Å²) in [5.41, 5.74) is 0. The molecule has 1 N–H and O–H groups in total. The molecule has 0 aromatic carbocycles. The van der Waals surface area contributed by atoms with Crippen LogP contribution in [0.1, 0.15) is 19.9 Å². The average molecular weight is 243 g/mol. The number of hydrogen-bond acceptors (Lipinski definition) is 2. The summed E-state index contributed by atoms with van der Waals surface area (Å²) in [4.78, 5) is 16.4. The zero-order valence-electron chi connectivity index (χ0n) is 10.6. The van der Waals surface area contributed by atoms with Crippen molar-refractivity contribution in [1.82, 2.24) is 9.55 Å². The first-order valence-corrected chi connectivity index (χ1v) is 6.03. The fourth-order valence-corrected chi connectivity index (χ4v) is 1.95. The molecule has 94 valence electrons. The molecule has 0 bridgehead atoms. The van der Waals surface area contributed by atoms with Gasteiger partial charge < -0.3 is 9.88 Å². The van der Waals surface area contributed by atoms with E-state index in [9.17, 15) is 4.79 Å². The molecule has 0 unspecified atom stereocenters. The quantitative estimate of drug-likeness (QED) is 0.897. The Hall–Kier alpha value is -2.10. The smallest absolute Gasteiger partial charge is 0.248 e. The van der Waals surface area contributed by atoms with Crippen LogP contribution in [-0.4, -0.2) is 15.5 Å². The first-order chi connectivity index (χ1) is 8.68. The van der Waals surface area contributed by atoms with Crippen LogP contribution in [0.15, 0.2) is 48.9 Å². The molecule has 0 saturated heterocycles. The number of amides is 1. The molecule has 0 spiro atoms. The van der Waals surface area contributed by atoms with Gasteiger partial charge in [0.05, 0.1) is 0 Å². The standard InChI is InChI=1S/C14H17N3O/c1-11(2)13(17-9-5-6-10-17)14(18)16-12-7-3-4-8-15-12/h3-11,13H,1-2H3,(H,15,16,18)/t13-/m0/s1. The lowest BCUT2D eigenvalue weighted by Gasteiger charge is -2.21. The largest absolute Gasteiger partial charge is 0.342 e. The first-order valence-electron chi connectivity index (χ1n) is 6.03. The molecule has 1 amide bonds. The van der Waals surface area contributed by atoms with Crippen LogP contribution in [0.3, 0.4) is 0 Å². The summed E-state index contributed by atoms with van der Waals surface area (Å²) in [5.74, 6) is 0.751. The fraction of sp³-hybridized carbons (Fsp3) is 0.286. The van der Waals surface area contributed by atoms with Gasteiger partial charge in [0.25, 0.3) is 0 Å². The summed E-state index contributed by atoms with van der Waals surface area (Å²) in [6, 6.07) is 9.07. The van der Waals surface area contributed by atoms with Crippen molar-refractivity contribution in [3.63, 3.8) is 0 Å². The highest BCUT2D eigenvalue weighted by Gasteiger charge is 2.23. The number of aromatic nitrogens is 2. The van der Waals surface area contributed by atoms with Crippen molar-refractivity contribution < 1.29 is 4.79 Å². The van der Waals surface area contributed by atoms with Gasteiger partial charge in [-0.3, -0.25) is 4.79 Å². The minimum absolute atomic E-state index is 0.0418. The number of pyridine rings is 1. The van der Waals surface area contributed by atoms with Gasteiger partial charge in [0.1, 0.15) is 11.9 Å². The van der Waals surface area contributed by atoms with E-state index in [0.29, 0.717) is 5.82 Å². The molecule has 2 aromatic heterocycles. The molecule has 2 aromatic rings. The highest BCUT2D eigenvalue weighted by Crippen LogP contribution is 2.19. The van der Waals surface area contributed by atoms with Crippen molar-refractivity contribution in [1.29, 1.82) is 0 Å². The van der Waals surface area contributed by atoms with E-state index in [-0.39, 0.29) is 17.9 Å². The predicted octanol–water partition coefficient (Wildman–Crippen LogP) is 2.72. The second kappa shape index (κ2) is 5.49. The molecule has 0 aliphatic heterocycles. The Kier molecular flexibility index (Phi) is 3.77. The highest BCUT2D eigenvalue weighted by molar-refractivity contribution is 5.93. The van der Waals surface area contributed by atoms with Crippen LogP contribution >= 0.6 is 0 Å². The molecule has 4 nitrogen and oxygen atoms in total. The van der Waals surface area contributed by atoms with E-state index in [0.717, 1.165) is 0 Å². The van der Waals surface area contributed by atoms with Gasteiger partial charge >= 0.3 is 0 Å². The summed E-state index contributed by atoms with van der Waals surface area (Å²) in [6.45, 7) is 4.06. The molecule has 18 heavy (non-hydrogen) atoms. The molecule has 0 radical (unpaired) electrons. The van der Waals surface area contributed by atoms with Gasteiger partial charge in [0, 0.05) is 18.6 Å². The summed E-state index contributed by atoms with van der Waals surface area (Å²) in [6.07, 6.45) is 5.47. The Morgan fingerprint density at radius 2 is 1.94 bits per heavy atom. The number of nitrogens with one attached hydrogen (secondary N) is 1. The summed E-state index contributed by atoms with van der Waals surface area (Å²) >= 11 is 0. The molecule has 0 saturated carbocycles. The van der Waals surface area contributed by atoms with E-state index in [1.165, 1.54) is 0 Å². The average Bonchev–Trinajstić information content (AvgIpc) is 2.83. The Labute approximate surface area is 107 Å². The zero-order chi connectivity index (χ0) is 13.0. The topological polar surface area (TPSA) is 46.9 Å². The third-order valence-corrected chi connectivity index (χ3v) is 2.76. The lowest BCUT2D eigenvalue weighted by molar-refractivity contribution is -0.120. The molecule has 2 rings (SSSR count). The maximum absolute atomic E-state index is 12.3. The number of hydrogen-bond donors (Lipinski definition) is 1. The molecular weight excluding hydrogens is 226 g/mol. The number of nitrogens with zero attached hydrogens (tertiary/aromatic N) is 2. The van der Waals surface area contributed by atoms with Crippen molar-refractivity contribution >= 4 is 11.7 Å². The minimum Gasteiger partial charge on any atom is -0.342 e. The molecule has 0 aliphatic carbocycles. The van der Waals surface area contributed by atoms with E-state index < -0.39 is 0 Å².